The van der Waals surface area contributed by atoms with Crippen LogP contribution < -0.4 is 10.6 Å². The summed E-state index contributed by atoms with van der Waals surface area (Å²) in [5, 5.41) is 5.11. The van der Waals surface area contributed by atoms with Gasteiger partial charge in [-0.1, -0.05) is 29.3 Å². The van der Waals surface area contributed by atoms with Gasteiger partial charge >= 0.3 is 0 Å². The van der Waals surface area contributed by atoms with Crippen molar-refractivity contribution in [1.82, 2.24) is 5.32 Å². The van der Waals surface area contributed by atoms with E-state index < -0.39 is 58.6 Å². The Morgan fingerprint density at radius 1 is 1.00 bits per heavy atom. The fourth-order valence-electron chi connectivity index (χ4n) is 3.80. The van der Waals surface area contributed by atoms with E-state index in [-0.39, 0.29) is 21.3 Å². The van der Waals surface area contributed by atoms with Crippen molar-refractivity contribution >= 4 is 63.9 Å². The van der Waals surface area contributed by atoms with Crippen LogP contribution in [0.4, 0.5) is 18.9 Å². The second kappa shape index (κ2) is 8.28. The second-order valence-electron chi connectivity index (χ2n) is 7.92. The van der Waals surface area contributed by atoms with E-state index in [4.69, 9.17) is 46.4 Å². The van der Waals surface area contributed by atoms with Gasteiger partial charge in [0.2, 0.25) is 5.91 Å². The van der Waals surface area contributed by atoms with Gasteiger partial charge in [-0.05, 0) is 35.9 Å². The molecule has 0 unspecified atom stereocenters. The Kier molecular flexibility index (Phi) is 6.07. The average Bonchev–Trinajstić information content (AvgIpc) is 3.26. The normalized spacial score (nSPS) is 23.2. The van der Waals surface area contributed by atoms with Crippen molar-refractivity contribution in [1.29, 1.82) is 0 Å². The van der Waals surface area contributed by atoms with E-state index in [1.807, 2.05) is 0 Å². The number of alkyl halides is 4. The van der Waals surface area contributed by atoms with Gasteiger partial charge in [-0.2, -0.15) is 0 Å². The molecule has 0 bridgehead atoms. The number of carbonyl (C=O) groups is 2. The van der Waals surface area contributed by atoms with Gasteiger partial charge in [0.1, 0.15) is 10.2 Å². The Labute approximate surface area is 201 Å². The van der Waals surface area contributed by atoms with E-state index in [0.29, 0.717) is 5.56 Å². The smallest absolute Gasteiger partial charge is 0.253 e. The fourth-order valence-corrected chi connectivity index (χ4v) is 5.02. The lowest BCUT2D eigenvalue weighted by atomic mass is 9.88. The molecule has 2 fully saturated rings. The molecule has 2 aromatic carbocycles. The third-order valence-corrected chi connectivity index (χ3v) is 7.10. The first-order valence-electron chi connectivity index (χ1n) is 9.51. The third kappa shape index (κ3) is 4.53. The van der Waals surface area contributed by atoms with Crippen LogP contribution in [0.2, 0.25) is 10.0 Å². The number of rotatable bonds is 5. The van der Waals surface area contributed by atoms with Gasteiger partial charge in [0, 0.05) is 30.5 Å². The van der Waals surface area contributed by atoms with Gasteiger partial charge < -0.3 is 10.6 Å². The Balaban J connectivity index is 1.46. The highest BCUT2D eigenvalue weighted by atomic mass is 35.5. The third-order valence-electron chi connectivity index (χ3n) is 5.54. The number of nitrogens with one attached hydrogen (secondary N) is 2. The van der Waals surface area contributed by atoms with Crippen LogP contribution in [0, 0.1) is 11.7 Å². The largest absolute Gasteiger partial charge is 0.349 e. The summed E-state index contributed by atoms with van der Waals surface area (Å²) in [6.45, 7) is 0. The molecule has 0 aromatic heterocycles. The lowest BCUT2D eigenvalue weighted by molar-refractivity contribution is -0.117. The molecule has 2 aliphatic rings. The van der Waals surface area contributed by atoms with E-state index >= 15 is 0 Å². The maximum atomic E-state index is 13.4. The first-order valence-corrected chi connectivity index (χ1v) is 11.0. The molecule has 170 valence electrons. The lowest BCUT2D eigenvalue weighted by Crippen LogP contribution is -2.50. The van der Waals surface area contributed by atoms with Crippen LogP contribution in [0.15, 0.2) is 36.4 Å². The summed E-state index contributed by atoms with van der Waals surface area (Å²) in [6.07, 6.45) is -0.867. The van der Waals surface area contributed by atoms with Crippen LogP contribution >= 0.6 is 46.4 Å². The summed E-state index contributed by atoms with van der Waals surface area (Å²) in [4.78, 5) is 25.2. The molecular formula is C21H15Cl4F3N2O2. The molecule has 0 spiro atoms. The van der Waals surface area contributed by atoms with Crippen LogP contribution in [0.5, 0.6) is 0 Å². The van der Waals surface area contributed by atoms with Crippen molar-refractivity contribution in [3.8, 4) is 0 Å². The fraction of sp³-hybridized carbons (Fsp3) is 0.333. The summed E-state index contributed by atoms with van der Waals surface area (Å²) in [5.41, 5.74) is 0.783. The molecule has 0 heterocycles. The molecule has 2 atom stereocenters. The zero-order chi connectivity index (χ0) is 23.4. The first-order chi connectivity index (χ1) is 14.9. The molecule has 4 rings (SSSR count). The summed E-state index contributed by atoms with van der Waals surface area (Å²) < 4.78 is 38.0. The highest BCUT2D eigenvalue weighted by Crippen LogP contribution is 2.65. The minimum Gasteiger partial charge on any atom is -0.349 e. The van der Waals surface area contributed by atoms with Gasteiger partial charge in [-0.15, -0.1) is 23.2 Å². The van der Waals surface area contributed by atoms with Crippen LogP contribution in [-0.4, -0.2) is 28.1 Å². The quantitative estimate of drug-likeness (QED) is 0.457. The maximum absolute atomic E-state index is 13.4. The molecule has 0 saturated heterocycles. The van der Waals surface area contributed by atoms with Crippen LogP contribution in [0.3, 0.4) is 0 Å². The number of benzene rings is 2. The molecule has 2 amide bonds. The highest BCUT2D eigenvalue weighted by molar-refractivity contribution is 6.53. The monoisotopic (exact) mass is 524 g/mol. The molecule has 2 N–H and O–H groups in total. The molecular weight excluding hydrogens is 511 g/mol. The number of hydrogen-bond acceptors (Lipinski definition) is 2. The van der Waals surface area contributed by atoms with Gasteiger partial charge in [0.05, 0.1) is 21.5 Å². The summed E-state index contributed by atoms with van der Waals surface area (Å²) in [7, 11) is 0. The predicted molar refractivity (Wildman–Crippen MR) is 118 cm³/mol. The van der Waals surface area contributed by atoms with E-state index in [1.54, 1.807) is 0 Å². The van der Waals surface area contributed by atoms with E-state index in [9.17, 15) is 22.8 Å². The zero-order valence-electron chi connectivity index (χ0n) is 16.1. The van der Waals surface area contributed by atoms with Crippen molar-refractivity contribution in [2.45, 2.75) is 35.1 Å². The summed E-state index contributed by atoms with van der Waals surface area (Å²) in [6, 6.07) is 7.55. The molecule has 0 aliphatic heterocycles. The Morgan fingerprint density at radius 2 is 1.69 bits per heavy atom. The molecule has 4 nitrogen and oxygen atoms in total. The molecule has 2 saturated carbocycles. The first kappa shape index (κ1) is 23.5. The number of hydrogen-bond donors (Lipinski definition) is 2. The maximum Gasteiger partial charge on any atom is 0.253 e. The Morgan fingerprint density at radius 3 is 2.31 bits per heavy atom. The SMILES string of the molecule is O=C(NC1CC(F)(F)C1)c1cc(NC(=O)[C@H]2[C@H](c3ccc(F)c(Cl)c3)C2(Cl)Cl)ccc1Cl. The van der Waals surface area contributed by atoms with Crippen LogP contribution in [-0.2, 0) is 4.79 Å². The van der Waals surface area contributed by atoms with Crippen molar-refractivity contribution in [2.24, 2.45) is 5.92 Å². The summed E-state index contributed by atoms with van der Waals surface area (Å²) in [5.74, 6) is -5.99. The molecule has 11 heteroatoms. The standard InChI is InChI=1S/C21H15Cl4F3N2O2/c22-13-3-2-10(6-12(13)18(31)30-11-7-20(27,28)8-11)29-19(32)17-16(21(17,24)25)9-1-4-15(26)14(23)5-9/h1-6,11,16-17H,7-8H2,(H,29,32)(H,30,31)/t16-,17+/m0/s1. The highest BCUT2D eigenvalue weighted by Gasteiger charge is 2.67. The van der Waals surface area contributed by atoms with Gasteiger partial charge in [-0.3, -0.25) is 9.59 Å². The topological polar surface area (TPSA) is 58.2 Å². The number of amides is 2. The van der Waals surface area contributed by atoms with Crippen molar-refractivity contribution in [3.05, 3.63) is 63.4 Å². The van der Waals surface area contributed by atoms with Crippen LogP contribution in [0.1, 0.15) is 34.7 Å². The van der Waals surface area contributed by atoms with Crippen molar-refractivity contribution < 1.29 is 22.8 Å². The van der Waals surface area contributed by atoms with Crippen molar-refractivity contribution in [2.75, 3.05) is 5.32 Å². The molecule has 2 aliphatic carbocycles. The predicted octanol–water partition coefficient (Wildman–Crippen LogP) is 6.19. The minimum absolute atomic E-state index is 0.0281. The van der Waals surface area contributed by atoms with Crippen LogP contribution in [0.25, 0.3) is 0 Å². The molecule has 32 heavy (non-hydrogen) atoms. The van der Waals surface area contributed by atoms with E-state index in [1.165, 1.54) is 30.3 Å². The molecule has 2 aromatic rings. The van der Waals surface area contributed by atoms with Gasteiger partial charge in [0.25, 0.3) is 11.8 Å². The van der Waals surface area contributed by atoms with E-state index in [2.05, 4.69) is 10.6 Å². The van der Waals surface area contributed by atoms with Gasteiger partial charge in [0.15, 0.2) is 0 Å². The number of anilines is 1. The second-order valence-corrected chi connectivity index (χ2v) is 10.2. The number of halogens is 7. The minimum atomic E-state index is -2.78. The van der Waals surface area contributed by atoms with E-state index in [0.717, 1.165) is 6.07 Å². The lowest BCUT2D eigenvalue weighted by Gasteiger charge is -2.35. The van der Waals surface area contributed by atoms with Gasteiger partial charge in [-0.25, -0.2) is 13.2 Å². The number of carbonyl (C=O) groups excluding carboxylic acids is 2. The molecule has 0 radical (unpaired) electrons. The Hall–Kier alpha value is -1.67. The van der Waals surface area contributed by atoms with Crippen molar-refractivity contribution in [3.63, 3.8) is 0 Å². The zero-order valence-corrected chi connectivity index (χ0v) is 19.1. The summed E-state index contributed by atoms with van der Waals surface area (Å²) >= 11 is 24.5. The average molecular weight is 526 g/mol. The Bertz CT molecular complexity index is 1100.